The van der Waals surface area contributed by atoms with E-state index >= 15 is 0 Å². The summed E-state index contributed by atoms with van der Waals surface area (Å²) < 4.78 is 0. The molecule has 2 aromatic carbocycles. The summed E-state index contributed by atoms with van der Waals surface area (Å²) in [5.41, 5.74) is 4.34. The summed E-state index contributed by atoms with van der Waals surface area (Å²) in [6.07, 6.45) is 1.86. The van der Waals surface area contributed by atoms with Crippen LogP contribution in [0, 0.1) is 6.92 Å². The van der Waals surface area contributed by atoms with E-state index in [-0.39, 0.29) is 5.41 Å². The van der Waals surface area contributed by atoms with Crippen molar-refractivity contribution in [3.8, 4) is 0 Å². The highest BCUT2D eigenvalue weighted by Crippen LogP contribution is 2.47. The third kappa shape index (κ3) is 1.67. The van der Waals surface area contributed by atoms with Crippen LogP contribution in [0.1, 0.15) is 29.5 Å². The first-order valence-corrected chi connectivity index (χ1v) is 6.62. The van der Waals surface area contributed by atoms with E-state index in [0.29, 0.717) is 0 Å². The number of aryl methyl sites for hydroxylation is 1. The largest absolute Gasteiger partial charge is 0.411 e. The molecule has 1 saturated carbocycles. The Bertz CT molecular complexity index is 618. The first kappa shape index (κ1) is 12.0. The van der Waals surface area contributed by atoms with Crippen LogP contribution >= 0.6 is 0 Å². The van der Waals surface area contributed by atoms with E-state index in [1.54, 1.807) is 0 Å². The van der Waals surface area contributed by atoms with Crippen LogP contribution in [-0.4, -0.2) is 10.9 Å². The molecule has 1 unspecified atom stereocenters. The van der Waals surface area contributed by atoms with Gasteiger partial charge in [-0.2, -0.15) is 0 Å². The lowest BCUT2D eigenvalue weighted by molar-refractivity contribution is 0.304. The Labute approximate surface area is 113 Å². The van der Waals surface area contributed by atoms with Crippen LogP contribution in [0.4, 0.5) is 0 Å². The van der Waals surface area contributed by atoms with E-state index in [9.17, 15) is 5.21 Å². The summed E-state index contributed by atoms with van der Waals surface area (Å²) >= 11 is 0. The Kier molecular flexibility index (Phi) is 2.86. The molecule has 1 N–H and O–H groups in total. The molecule has 3 rings (SSSR count). The van der Waals surface area contributed by atoms with E-state index in [2.05, 4.69) is 42.4 Å². The second-order valence-electron chi connectivity index (χ2n) is 5.13. The molecule has 2 heteroatoms. The van der Waals surface area contributed by atoms with Crippen molar-refractivity contribution in [3.05, 3.63) is 71.3 Å². The van der Waals surface area contributed by atoms with Gasteiger partial charge in [0.2, 0.25) is 0 Å². The van der Waals surface area contributed by atoms with Crippen molar-refractivity contribution < 1.29 is 5.21 Å². The SMILES string of the molecule is Cc1ccccc1C1(c2ccccc2)CCC1=NO. The van der Waals surface area contributed by atoms with Crippen LogP contribution in [0.2, 0.25) is 0 Å². The van der Waals surface area contributed by atoms with Gasteiger partial charge in [0.25, 0.3) is 0 Å². The Morgan fingerprint density at radius 2 is 1.68 bits per heavy atom. The van der Waals surface area contributed by atoms with Gasteiger partial charge in [-0.05, 0) is 36.5 Å². The first-order valence-electron chi connectivity index (χ1n) is 6.62. The Balaban J connectivity index is 2.23. The van der Waals surface area contributed by atoms with Crippen molar-refractivity contribution >= 4 is 5.71 Å². The second kappa shape index (κ2) is 4.54. The molecule has 0 heterocycles. The topological polar surface area (TPSA) is 32.6 Å². The Morgan fingerprint density at radius 3 is 2.26 bits per heavy atom. The Hall–Kier alpha value is -2.09. The van der Waals surface area contributed by atoms with Gasteiger partial charge in [0, 0.05) is 0 Å². The van der Waals surface area contributed by atoms with Crippen LogP contribution < -0.4 is 0 Å². The molecule has 0 radical (unpaired) electrons. The van der Waals surface area contributed by atoms with Gasteiger partial charge in [0.1, 0.15) is 0 Å². The van der Waals surface area contributed by atoms with Gasteiger partial charge in [-0.15, -0.1) is 0 Å². The lowest BCUT2D eigenvalue weighted by Gasteiger charge is -2.44. The van der Waals surface area contributed by atoms with E-state index in [0.717, 1.165) is 18.6 Å². The van der Waals surface area contributed by atoms with Crippen molar-refractivity contribution in [2.75, 3.05) is 0 Å². The van der Waals surface area contributed by atoms with Gasteiger partial charge in [-0.25, -0.2) is 0 Å². The molecule has 2 nitrogen and oxygen atoms in total. The minimum absolute atomic E-state index is 0.235. The fourth-order valence-corrected chi connectivity index (χ4v) is 3.15. The molecule has 0 amide bonds. The van der Waals surface area contributed by atoms with Crippen LogP contribution in [0.25, 0.3) is 0 Å². The lowest BCUT2D eigenvalue weighted by atomic mass is 9.58. The number of hydrogen-bond donors (Lipinski definition) is 1. The van der Waals surface area contributed by atoms with Gasteiger partial charge >= 0.3 is 0 Å². The van der Waals surface area contributed by atoms with Crippen LogP contribution in [-0.2, 0) is 5.41 Å². The standard InChI is InChI=1S/C17H17NO/c1-13-7-5-6-10-15(13)17(12-11-16(17)18-19)14-8-3-2-4-9-14/h2-10,19H,11-12H2,1H3. The molecular formula is C17H17NO. The minimum Gasteiger partial charge on any atom is -0.411 e. The zero-order valence-electron chi connectivity index (χ0n) is 11.0. The predicted molar refractivity (Wildman–Crippen MR) is 76.9 cm³/mol. The first-order chi connectivity index (χ1) is 9.29. The highest BCUT2D eigenvalue weighted by atomic mass is 16.4. The van der Waals surface area contributed by atoms with E-state index < -0.39 is 0 Å². The Morgan fingerprint density at radius 1 is 1.00 bits per heavy atom. The highest BCUT2D eigenvalue weighted by molar-refractivity contribution is 6.03. The number of oxime groups is 1. The number of benzene rings is 2. The summed E-state index contributed by atoms with van der Waals surface area (Å²) in [6.45, 7) is 2.12. The quantitative estimate of drug-likeness (QED) is 0.637. The maximum absolute atomic E-state index is 9.32. The third-order valence-electron chi connectivity index (χ3n) is 4.22. The molecule has 0 aliphatic heterocycles. The summed E-state index contributed by atoms with van der Waals surface area (Å²) in [4.78, 5) is 0. The maximum atomic E-state index is 9.32. The zero-order chi connectivity index (χ0) is 13.3. The van der Waals surface area contributed by atoms with Crippen molar-refractivity contribution in [3.63, 3.8) is 0 Å². The summed E-state index contributed by atoms with van der Waals surface area (Å²) in [7, 11) is 0. The lowest BCUT2D eigenvalue weighted by Crippen LogP contribution is -2.46. The van der Waals surface area contributed by atoms with Crippen molar-refractivity contribution in [1.82, 2.24) is 0 Å². The smallest absolute Gasteiger partial charge is 0.0720 e. The molecule has 2 aromatic rings. The van der Waals surface area contributed by atoms with Crippen molar-refractivity contribution in [2.24, 2.45) is 5.16 Å². The van der Waals surface area contributed by atoms with Crippen molar-refractivity contribution in [2.45, 2.75) is 25.2 Å². The molecular weight excluding hydrogens is 234 g/mol. The molecule has 1 aliphatic rings. The molecule has 1 atom stereocenters. The van der Waals surface area contributed by atoms with E-state index in [1.165, 1.54) is 16.7 Å². The van der Waals surface area contributed by atoms with Gasteiger partial charge < -0.3 is 5.21 Å². The fraction of sp³-hybridized carbons (Fsp3) is 0.235. The predicted octanol–water partition coefficient (Wildman–Crippen LogP) is 3.91. The minimum atomic E-state index is -0.235. The maximum Gasteiger partial charge on any atom is 0.0720 e. The van der Waals surface area contributed by atoms with Gasteiger partial charge in [-0.1, -0.05) is 59.8 Å². The molecule has 0 bridgehead atoms. The van der Waals surface area contributed by atoms with Crippen LogP contribution in [0.15, 0.2) is 59.8 Å². The molecule has 0 aromatic heterocycles. The average molecular weight is 251 g/mol. The molecule has 0 saturated heterocycles. The molecule has 1 fully saturated rings. The number of rotatable bonds is 2. The van der Waals surface area contributed by atoms with Crippen molar-refractivity contribution in [1.29, 1.82) is 0 Å². The molecule has 1 aliphatic carbocycles. The summed E-state index contributed by atoms with van der Waals surface area (Å²) in [6, 6.07) is 18.7. The van der Waals surface area contributed by atoms with Gasteiger partial charge in [0.15, 0.2) is 0 Å². The summed E-state index contributed by atoms with van der Waals surface area (Å²) in [5, 5.41) is 12.9. The van der Waals surface area contributed by atoms with Crippen LogP contribution in [0.3, 0.4) is 0 Å². The molecule has 19 heavy (non-hydrogen) atoms. The third-order valence-corrected chi connectivity index (χ3v) is 4.22. The number of nitrogens with zero attached hydrogens (tertiary/aromatic N) is 1. The second-order valence-corrected chi connectivity index (χ2v) is 5.13. The average Bonchev–Trinajstić information content (AvgIpc) is 2.42. The van der Waals surface area contributed by atoms with Gasteiger partial charge in [0.05, 0.1) is 11.1 Å². The molecule has 96 valence electrons. The van der Waals surface area contributed by atoms with E-state index in [4.69, 9.17) is 0 Å². The summed E-state index contributed by atoms with van der Waals surface area (Å²) in [5.74, 6) is 0. The number of hydrogen-bond acceptors (Lipinski definition) is 2. The molecule has 0 spiro atoms. The highest BCUT2D eigenvalue weighted by Gasteiger charge is 2.47. The zero-order valence-corrected chi connectivity index (χ0v) is 11.0. The van der Waals surface area contributed by atoms with Crippen LogP contribution in [0.5, 0.6) is 0 Å². The normalized spacial score (nSPS) is 24.2. The fourth-order valence-electron chi connectivity index (χ4n) is 3.15. The monoisotopic (exact) mass is 251 g/mol. The van der Waals surface area contributed by atoms with Gasteiger partial charge in [-0.3, -0.25) is 0 Å². The van der Waals surface area contributed by atoms with E-state index in [1.807, 2.05) is 24.3 Å².